The Morgan fingerprint density at radius 2 is 1.71 bits per heavy atom. The maximum atomic E-state index is 5.88. The molecule has 0 heterocycles. The van der Waals surface area contributed by atoms with E-state index in [0.29, 0.717) is 31.8 Å². The quantitative estimate of drug-likeness (QED) is 0.426. The van der Waals surface area contributed by atoms with E-state index < -0.39 is 0 Å². The minimum atomic E-state index is 0.394. The monoisotopic (exact) mass is 265 g/mol. The smallest absolute Gasteiger partial charge is 0.0701 e. The van der Waals surface area contributed by atoms with Crippen LogP contribution >= 0.6 is 11.6 Å². The third kappa shape index (κ3) is 7.21. The average Bonchev–Trinajstić information content (AvgIpc) is 3.12. The Morgan fingerprint density at radius 3 is 2.29 bits per heavy atom. The summed E-state index contributed by atoms with van der Waals surface area (Å²) in [6, 6.07) is 0. The molecule has 0 atom stereocenters. The van der Waals surface area contributed by atoms with E-state index in [-0.39, 0.29) is 0 Å². The highest BCUT2D eigenvalue weighted by Gasteiger charge is 2.40. The highest BCUT2D eigenvalue weighted by molar-refractivity contribution is 6.18. The lowest BCUT2D eigenvalue weighted by Gasteiger charge is -2.12. The van der Waals surface area contributed by atoms with Crippen molar-refractivity contribution in [1.29, 1.82) is 0 Å². The Balaban J connectivity index is 1.73. The first-order valence-electron chi connectivity index (χ1n) is 6.24. The van der Waals surface area contributed by atoms with Gasteiger partial charge in [0.1, 0.15) is 0 Å². The van der Waals surface area contributed by atoms with E-state index in [1.807, 2.05) is 0 Å². The van der Waals surface area contributed by atoms with E-state index >= 15 is 0 Å². The molecule has 1 fully saturated rings. The lowest BCUT2D eigenvalue weighted by Crippen LogP contribution is -2.28. The number of nitrogens with one attached hydrogen (secondary N) is 1. The van der Waals surface area contributed by atoms with Gasteiger partial charge in [-0.15, -0.1) is 11.6 Å². The van der Waals surface area contributed by atoms with Gasteiger partial charge in [0, 0.05) is 26.1 Å². The predicted molar refractivity (Wildman–Crippen MR) is 68.8 cm³/mol. The fourth-order valence-corrected chi connectivity index (χ4v) is 1.86. The fourth-order valence-electron chi connectivity index (χ4n) is 1.50. The van der Waals surface area contributed by atoms with Gasteiger partial charge in [0.05, 0.1) is 33.0 Å². The van der Waals surface area contributed by atoms with Crippen molar-refractivity contribution >= 4 is 11.6 Å². The molecule has 0 radical (unpaired) electrons. The van der Waals surface area contributed by atoms with Crippen LogP contribution in [0.5, 0.6) is 0 Å². The lowest BCUT2D eigenvalue weighted by atomic mass is 10.1. The number of hydrogen-bond acceptors (Lipinski definition) is 4. The molecule has 0 aromatic rings. The second kappa shape index (κ2) is 9.11. The van der Waals surface area contributed by atoms with Crippen LogP contribution in [0.2, 0.25) is 0 Å². The third-order valence-corrected chi connectivity index (χ3v) is 3.53. The molecule has 0 amide bonds. The zero-order valence-electron chi connectivity index (χ0n) is 10.7. The summed E-state index contributed by atoms with van der Waals surface area (Å²) in [6.45, 7) is 5.19. The minimum Gasteiger partial charge on any atom is -0.382 e. The molecule has 0 aromatic heterocycles. The number of alkyl halides is 1. The van der Waals surface area contributed by atoms with Gasteiger partial charge in [-0.1, -0.05) is 0 Å². The van der Waals surface area contributed by atoms with E-state index in [1.165, 1.54) is 12.8 Å². The van der Waals surface area contributed by atoms with Crippen molar-refractivity contribution in [2.24, 2.45) is 5.41 Å². The summed E-state index contributed by atoms with van der Waals surface area (Å²) in [5, 5.41) is 3.38. The molecular weight excluding hydrogens is 242 g/mol. The molecule has 102 valence electrons. The van der Waals surface area contributed by atoms with Crippen molar-refractivity contribution in [3.63, 3.8) is 0 Å². The first-order valence-corrected chi connectivity index (χ1v) is 6.77. The van der Waals surface area contributed by atoms with Crippen LogP contribution in [0.25, 0.3) is 0 Å². The van der Waals surface area contributed by atoms with Crippen molar-refractivity contribution < 1.29 is 14.2 Å². The highest BCUT2D eigenvalue weighted by Crippen LogP contribution is 2.45. The predicted octanol–water partition coefficient (Wildman–Crippen LogP) is 1.27. The first kappa shape index (κ1) is 15.2. The Labute approximate surface area is 109 Å². The molecule has 0 bridgehead atoms. The summed E-state index contributed by atoms with van der Waals surface area (Å²) >= 11 is 5.88. The third-order valence-electron chi connectivity index (χ3n) is 2.97. The maximum Gasteiger partial charge on any atom is 0.0701 e. The first-order chi connectivity index (χ1) is 8.33. The molecule has 1 rings (SSSR count). The fraction of sp³-hybridized carbons (Fsp3) is 1.00. The molecule has 1 N–H and O–H groups in total. The molecule has 5 heteroatoms. The van der Waals surface area contributed by atoms with E-state index in [4.69, 9.17) is 25.8 Å². The standard InChI is InChI=1S/C12H24ClNO3/c1-15-6-7-17-9-8-16-5-4-14-11-12(10-13)2-3-12/h14H,2-11H2,1H3. The van der Waals surface area contributed by atoms with Crippen LogP contribution in [0.3, 0.4) is 0 Å². The zero-order chi connectivity index (χ0) is 12.4. The van der Waals surface area contributed by atoms with Crippen molar-refractivity contribution in [2.75, 3.05) is 59.1 Å². The van der Waals surface area contributed by atoms with Crippen LogP contribution in [0.15, 0.2) is 0 Å². The molecule has 4 nitrogen and oxygen atoms in total. The van der Waals surface area contributed by atoms with Crippen LogP contribution in [0.4, 0.5) is 0 Å². The van der Waals surface area contributed by atoms with Crippen molar-refractivity contribution in [1.82, 2.24) is 5.32 Å². The SMILES string of the molecule is COCCOCCOCCNCC1(CCl)CC1. The van der Waals surface area contributed by atoms with Gasteiger partial charge in [0.15, 0.2) is 0 Å². The molecular formula is C12H24ClNO3. The molecule has 0 aromatic carbocycles. The van der Waals surface area contributed by atoms with Gasteiger partial charge < -0.3 is 19.5 Å². The minimum absolute atomic E-state index is 0.394. The Bertz CT molecular complexity index is 189. The molecule has 1 aliphatic carbocycles. The average molecular weight is 266 g/mol. The Hall–Kier alpha value is 0.130. The summed E-state index contributed by atoms with van der Waals surface area (Å²) in [4.78, 5) is 0. The summed E-state index contributed by atoms with van der Waals surface area (Å²) in [6.07, 6.45) is 2.52. The summed E-state index contributed by atoms with van der Waals surface area (Å²) in [5.41, 5.74) is 0.394. The maximum absolute atomic E-state index is 5.88. The molecule has 17 heavy (non-hydrogen) atoms. The lowest BCUT2D eigenvalue weighted by molar-refractivity contribution is 0.0255. The number of halogens is 1. The number of ether oxygens (including phenoxy) is 3. The Kier molecular flexibility index (Phi) is 8.14. The van der Waals surface area contributed by atoms with Gasteiger partial charge in [0.2, 0.25) is 0 Å². The van der Waals surface area contributed by atoms with E-state index in [1.54, 1.807) is 7.11 Å². The van der Waals surface area contributed by atoms with Crippen molar-refractivity contribution in [3.8, 4) is 0 Å². The number of hydrogen-bond donors (Lipinski definition) is 1. The summed E-state index contributed by atoms with van der Waals surface area (Å²) in [7, 11) is 1.67. The van der Waals surface area contributed by atoms with Gasteiger partial charge in [0.25, 0.3) is 0 Å². The zero-order valence-corrected chi connectivity index (χ0v) is 11.4. The van der Waals surface area contributed by atoms with Crippen LogP contribution in [-0.4, -0.2) is 59.1 Å². The van der Waals surface area contributed by atoms with Gasteiger partial charge in [-0.25, -0.2) is 0 Å². The van der Waals surface area contributed by atoms with E-state index in [2.05, 4.69) is 5.32 Å². The van der Waals surface area contributed by atoms with Crippen LogP contribution < -0.4 is 5.32 Å². The highest BCUT2D eigenvalue weighted by atomic mass is 35.5. The van der Waals surface area contributed by atoms with Gasteiger partial charge >= 0.3 is 0 Å². The number of rotatable bonds is 12. The van der Waals surface area contributed by atoms with Crippen molar-refractivity contribution in [2.45, 2.75) is 12.8 Å². The van der Waals surface area contributed by atoms with Crippen LogP contribution in [-0.2, 0) is 14.2 Å². The summed E-state index contributed by atoms with van der Waals surface area (Å²) < 4.78 is 15.6. The van der Waals surface area contributed by atoms with Gasteiger partial charge in [-0.2, -0.15) is 0 Å². The molecule has 0 spiro atoms. The van der Waals surface area contributed by atoms with Crippen LogP contribution in [0, 0.1) is 5.41 Å². The van der Waals surface area contributed by atoms with Gasteiger partial charge in [-0.3, -0.25) is 0 Å². The molecule has 0 saturated heterocycles. The molecule has 0 unspecified atom stereocenters. The van der Waals surface area contributed by atoms with Crippen LogP contribution in [0.1, 0.15) is 12.8 Å². The molecule has 0 aliphatic heterocycles. The molecule has 1 aliphatic rings. The second-order valence-electron chi connectivity index (χ2n) is 4.53. The topological polar surface area (TPSA) is 39.7 Å². The summed E-state index contributed by atoms with van der Waals surface area (Å²) in [5.74, 6) is 0.772. The van der Waals surface area contributed by atoms with E-state index in [0.717, 1.165) is 25.6 Å². The normalized spacial score (nSPS) is 17.3. The van der Waals surface area contributed by atoms with Crippen molar-refractivity contribution in [3.05, 3.63) is 0 Å². The largest absolute Gasteiger partial charge is 0.382 e. The van der Waals surface area contributed by atoms with Gasteiger partial charge in [-0.05, 0) is 18.3 Å². The van der Waals surface area contributed by atoms with E-state index in [9.17, 15) is 0 Å². The molecule has 1 saturated carbocycles. The Morgan fingerprint density at radius 1 is 1.06 bits per heavy atom. The number of methoxy groups -OCH3 is 1. The second-order valence-corrected chi connectivity index (χ2v) is 4.80.